The lowest BCUT2D eigenvalue weighted by Crippen LogP contribution is -2.53. The number of rotatable bonds is 3. The van der Waals surface area contributed by atoms with Crippen molar-refractivity contribution in [3.63, 3.8) is 0 Å². The Hall–Kier alpha value is -2.06. The van der Waals surface area contributed by atoms with E-state index in [0.29, 0.717) is 38.3 Å². The van der Waals surface area contributed by atoms with Crippen molar-refractivity contribution in [3.8, 4) is 0 Å². The Morgan fingerprint density at radius 3 is 3.00 bits per heavy atom. The number of likely N-dealkylation sites (tertiary alicyclic amines) is 1. The summed E-state index contributed by atoms with van der Waals surface area (Å²) in [5.41, 5.74) is 0.520. The summed E-state index contributed by atoms with van der Waals surface area (Å²) < 4.78 is 5.77. The monoisotopic (exact) mass is 305 g/mol. The number of hydrogen-bond donors (Lipinski definition) is 1. The Morgan fingerprint density at radius 2 is 2.27 bits per heavy atom. The van der Waals surface area contributed by atoms with Gasteiger partial charge in [0.1, 0.15) is 0 Å². The van der Waals surface area contributed by atoms with E-state index in [9.17, 15) is 9.59 Å². The molecule has 0 bridgehead atoms. The molecule has 1 aromatic heterocycles. The number of likely N-dealkylation sites (N-methyl/N-ethyl adjacent to an activating group) is 1. The van der Waals surface area contributed by atoms with Gasteiger partial charge < -0.3 is 15.0 Å². The Labute approximate surface area is 128 Å². The van der Waals surface area contributed by atoms with Crippen LogP contribution >= 0.6 is 0 Å². The average Bonchev–Trinajstić information content (AvgIpc) is 3.00. The number of fused-ring (bicyclic) bond motifs is 1. The standard InChI is InChI=1S/C14H19N5O3/c1-15-13(20)9-18-4-5-22-12-8-19(7-11(12)18)14(21)10-2-3-16-17-6-10/h2-3,6,11-12H,4-5,7-9H2,1H3,(H,15,20)/t11-,12+/m0/s1. The zero-order valence-electron chi connectivity index (χ0n) is 12.4. The molecule has 118 valence electrons. The number of hydrogen-bond acceptors (Lipinski definition) is 6. The topological polar surface area (TPSA) is 87.7 Å². The van der Waals surface area contributed by atoms with Crippen LogP contribution < -0.4 is 5.32 Å². The molecule has 0 aromatic carbocycles. The van der Waals surface area contributed by atoms with Crippen LogP contribution in [0.1, 0.15) is 10.4 Å². The highest BCUT2D eigenvalue weighted by atomic mass is 16.5. The highest BCUT2D eigenvalue weighted by Gasteiger charge is 2.42. The summed E-state index contributed by atoms with van der Waals surface area (Å²) in [6.07, 6.45) is 2.93. The molecule has 0 aliphatic carbocycles. The summed E-state index contributed by atoms with van der Waals surface area (Å²) in [5.74, 6) is -0.100. The summed E-state index contributed by atoms with van der Waals surface area (Å²) in [6.45, 7) is 2.71. The van der Waals surface area contributed by atoms with Crippen LogP contribution in [0.3, 0.4) is 0 Å². The fourth-order valence-corrected chi connectivity index (χ4v) is 2.98. The molecule has 8 heteroatoms. The fraction of sp³-hybridized carbons (Fsp3) is 0.571. The van der Waals surface area contributed by atoms with Crippen LogP contribution in [-0.2, 0) is 9.53 Å². The number of aromatic nitrogens is 2. The number of nitrogens with one attached hydrogen (secondary N) is 1. The summed E-state index contributed by atoms with van der Waals surface area (Å²) in [5, 5.41) is 10.1. The molecule has 0 saturated carbocycles. The van der Waals surface area contributed by atoms with Gasteiger partial charge in [0.25, 0.3) is 5.91 Å². The predicted molar refractivity (Wildman–Crippen MR) is 77.1 cm³/mol. The normalized spacial score (nSPS) is 24.9. The van der Waals surface area contributed by atoms with Gasteiger partial charge in [-0.05, 0) is 6.07 Å². The molecule has 0 radical (unpaired) electrons. The maximum Gasteiger partial charge on any atom is 0.255 e. The number of carbonyl (C=O) groups is 2. The van der Waals surface area contributed by atoms with Gasteiger partial charge >= 0.3 is 0 Å². The fourth-order valence-electron chi connectivity index (χ4n) is 2.98. The Balaban J connectivity index is 1.69. The highest BCUT2D eigenvalue weighted by molar-refractivity contribution is 5.94. The predicted octanol–water partition coefficient (Wildman–Crippen LogP) is -1.25. The van der Waals surface area contributed by atoms with E-state index in [2.05, 4.69) is 20.4 Å². The second-order valence-corrected chi connectivity index (χ2v) is 5.46. The van der Waals surface area contributed by atoms with E-state index in [0.717, 1.165) is 0 Å². The van der Waals surface area contributed by atoms with Gasteiger partial charge in [0, 0.05) is 26.7 Å². The van der Waals surface area contributed by atoms with Crippen LogP contribution in [0.2, 0.25) is 0 Å². The molecule has 2 aliphatic rings. The van der Waals surface area contributed by atoms with Crippen molar-refractivity contribution < 1.29 is 14.3 Å². The molecule has 2 saturated heterocycles. The summed E-state index contributed by atoms with van der Waals surface area (Å²) >= 11 is 0. The van der Waals surface area contributed by atoms with Crippen molar-refractivity contribution in [2.24, 2.45) is 0 Å². The zero-order chi connectivity index (χ0) is 15.5. The molecule has 2 aliphatic heterocycles. The largest absolute Gasteiger partial charge is 0.373 e. The molecule has 22 heavy (non-hydrogen) atoms. The number of morpholine rings is 1. The van der Waals surface area contributed by atoms with E-state index in [1.807, 2.05) is 0 Å². The van der Waals surface area contributed by atoms with Crippen molar-refractivity contribution in [1.29, 1.82) is 0 Å². The smallest absolute Gasteiger partial charge is 0.255 e. The van der Waals surface area contributed by atoms with E-state index in [1.54, 1.807) is 18.0 Å². The quantitative estimate of drug-likeness (QED) is 0.750. The maximum absolute atomic E-state index is 12.5. The lowest BCUT2D eigenvalue weighted by molar-refractivity contribution is -0.125. The van der Waals surface area contributed by atoms with Crippen LogP contribution in [0.5, 0.6) is 0 Å². The number of carbonyl (C=O) groups excluding carboxylic acids is 2. The minimum atomic E-state index is -0.0761. The zero-order valence-corrected chi connectivity index (χ0v) is 12.4. The Morgan fingerprint density at radius 1 is 1.41 bits per heavy atom. The van der Waals surface area contributed by atoms with E-state index in [4.69, 9.17) is 4.74 Å². The van der Waals surface area contributed by atoms with Crippen molar-refractivity contribution in [2.45, 2.75) is 12.1 Å². The maximum atomic E-state index is 12.5. The number of amides is 2. The van der Waals surface area contributed by atoms with E-state index in [1.165, 1.54) is 12.4 Å². The van der Waals surface area contributed by atoms with Crippen molar-refractivity contribution in [1.82, 2.24) is 25.3 Å². The molecule has 2 amide bonds. The summed E-state index contributed by atoms with van der Waals surface area (Å²) in [4.78, 5) is 27.9. The second-order valence-electron chi connectivity index (χ2n) is 5.46. The third-order valence-electron chi connectivity index (χ3n) is 4.16. The van der Waals surface area contributed by atoms with E-state index < -0.39 is 0 Å². The summed E-state index contributed by atoms with van der Waals surface area (Å²) in [6, 6.07) is 1.71. The van der Waals surface area contributed by atoms with Gasteiger partial charge in [-0.15, -0.1) is 0 Å². The van der Waals surface area contributed by atoms with Gasteiger partial charge in [-0.3, -0.25) is 14.5 Å². The average molecular weight is 305 g/mol. The third-order valence-corrected chi connectivity index (χ3v) is 4.16. The molecule has 2 atom stereocenters. The minimum absolute atomic E-state index is 0.0243. The molecule has 0 unspecified atom stereocenters. The molecule has 1 aromatic rings. The minimum Gasteiger partial charge on any atom is -0.373 e. The first-order valence-electron chi connectivity index (χ1n) is 7.31. The Bertz CT molecular complexity index is 553. The molecule has 1 N–H and O–H groups in total. The Kier molecular flexibility index (Phi) is 4.30. The van der Waals surface area contributed by atoms with Crippen LogP contribution in [-0.4, -0.2) is 83.8 Å². The molecule has 2 fully saturated rings. The lowest BCUT2D eigenvalue weighted by Gasteiger charge is -2.35. The van der Waals surface area contributed by atoms with E-state index in [-0.39, 0.29) is 24.0 Å². The van der Waals surface area contributed by atoms with Gasteiger partial charge in [0.2, 0.25) is 5.91 Å². The van der Waals surface area contributed by atoms with Gasteiger partial charge in [0.15, 0.2) is 0 Å². The first kappa shape index (κ1) is 14.9. The molecule has 3 heterocycles. The van der Waals surface area contributed by atoms with Crippen molar-refractivity contribution in [3.05, 3.63) is 24.0 Å². The van der Waals surface area contributed by atoms with E-state index >= 15 is 0 Å². The number of nitrogens with zero attached hydrogens (tertiary/aromatic N) is 4. The first-order chi connectivity index (χ1) is 10.7. The van der Waals surface area contributed by atoms with Crippen LogP contribution in [0, 0.1) is 0 Å². The second kappa shape index (κ2) is 6.37. The van der Waals surface area contributed by atoms with Gasteiger partial charge in [-0.25, -0.2) is 0 Å². The van der Waals surface area contributed by atoms with Crippen LogP contribution in [0.25, 0.3) is 0 Å². The van der Waals surface area contributed by atoms with Gasteiger partial charge in [0.05, 0.1) is 43.3 Å². The molecular formula is C14H19N5O3. The first-order valence-corrected chi connectivity index (χ1v) is 7.31. The van der Waals surface area contributed by atoms with Crippen LogP contribution in [0.4, 0.5) is 0 Å². The third kappa shape index (κ3) is 2.93. The highest BCUT2D eigenvalue weighted by Crippen LogP contribution is 2.23. The summed E-state index contributed by atoms with van der Waals surface area (Å²) in [7, 11) is 1.63. The van der Waals surface area contributed by atoms with Crippen LogP contribution in [0.15, 0.2) is 18.5 Å². The van der Waals surface area contributed by atoms with Gasteiger partial charge in [-0.2, -0.15) is 10.2 Å². The van der Waals surface area contributed by atoms with Crippen molar-refractivity contribution in [2.75, 3.05) is 39.8 Å². The number of ether oxygens (including phenoxy) is 1. The SMILES string of the molecule is CNC(=O)CN1CCO[C@@H]2CN(C(=O)c3ccnnc3)C[C@@H]21. The molecule has 3 rings (SSSR count). The lowest BCUT2D eigenvalue weighted by atomic mass is 10.1. The van der Waals surface area contributed by atoms with Crippen molar-refractivity contribution >= 4 is 11.8 Å². The molecule has 0 spiro atoms. The molecule has 8 nitrogen and oxygen atoms in total. The molecular weight excluding hydrogens is 286 g/mol. The van der Waals surface area contributed by atoms with Gasteiger partial charge in [-0.1, -0.05) is 0 Å².